The number of hydrogen-bond acceptors (Lipinski definition) is 6. The maximum absolute atomic E-state index is 13.0. The topological polar surface area (TPSA) is 130 Å². The Morgan fingerprint density at radius 1 is 0.971 bits per heavy atom. The molecule has 1 saturated heterocycles. The highest BCUT2D eigenvalue weighted by atomic mass is 32.2. The van der Waals surface area contributed by atoms with Crippen LogP contribution in [0.5, 0.6) is 0 Å². The molecule has 0 saturated carbocycles. The molecule has 1 aliphatic rings. The molecule has 1 fully saturated rings. The third kappa shape index (κ3) is 4.82. The van der Waals surface area contributed by atoms with E-state index in [1.165, 1.54) is 21.1 Å². The van der Waals surface area contributed by atoms with E-state index in [0.717, 1.165) is 19.3 Å². The number of hydrogen-bond donors (Lipinski definition) is 2. The monoisotopic (exact) mass is 497 g/mol. The summed E-state index contributed by atoms with van der Waals surface area (Å²) in [7, 11) is -3.72. The third-order valence-electron chi connectivity index (χ3n) is 6.08. The molecule has 0 atom stereocenters. The van der Waals surface area contributed by atoms with Crippen LogP contribution < -0.4 is 16.4 Å². The van der Waals surface area contributed by atoms with E-state index < -0.39 is 21.8 Å². The van der Waals surface area contributed by atoms with Crippen LogP contribution in [0, 0.1) is 6.92 Å². The molecule has 1 aromatic heterocycles. The average Bonchev–Trinajstić information content (AvgIpc) is 2.88. The Balaban J connectivity index is 1.57. The molecule has 11 heteroatoms. The van der Waals surface area contributed by atoms with E-state index in [1.54, 1.807) is 44.2 Å². The van der Waals surface area contributed by atoms with Gasteiger partial charge in [0.25, 0.3) is 17.4 Å². The summed E-state index contributed by atoms with van der Waals surface area (Å²) >= 11 is 0. The first-order valence-corrected chi connectivity index (χ1v) is 12.9. The van der Waals surface area contributed by atoms with E-state index in [2.05, 4.69) is 16.0 Å². The van der Waals surface area contributed by atoms with Crippen molar-refractivity contribution in [3.63, 3.8) is 0 Å². The molecule has 2 N–H and O–H groups in total. The van der Waals surface area contributed by atoms with Gasteiger partial charge in [0.1, 0.15) is 0 Å². The lowest BCUT2D eigenvalue weighted by atomic mass is 10.1. The molecule has 1 aliphatic heterocycles. The first-order chi connectivity index (χ1) is 16.7. The van der Waals surface area contributed by atoms with E-state index >= 15 is 0 Å². The van der Waals surface area contributed by atoms with Crippen molar-refractivity contribution in [1.82, 2.24) is 24.9 Å². The molecule has 4 rings (SSSR count). The molecule has 2 aromatic carbocycles. The SMILES string of the molecule is CCn1nc(C(=O)NNC(=O)c2cc(S(=O)(=O)N3CCCCC3)ccc2C)c2ccccc2c1=O. The van der Waals surface area contributed by atoms with Crippen molar-refractivity contribution in [2.75, 3.05) is 13.1 Å². The smallest absolute Gasteiger partial charge is 0.267 e. The number of benzene rings is 2. The molecule has 2 amide bonds. The number of piperidine rings is 1. The largest absolute Gasteiger partial charge is 0.290 e. The molecule has 0 aliphatic carbocycles. The molecule has 35 heavy (non-hydrogen) atoms. The second kappa shape index (κ2) is 9.96. The zero-order valence-electron chi connectivity index (χ0n) is 19.6. The Morgan fingerprint density at radius 2 is 1.63 bits per heavy atom. The van der Waals surface area contributed by atoms with Gasteiger partial charge in [-0.1, -0.05) is 30.7 Å². The van der Waals surface area contributed by atoms with Gasteiger partial charge in [-0.3, -0.25) is 25.2 Å². The summed E-state index contributed by atoms with van der Waals surface area (Å²) in [4.78, 5) is 38.3. The minimum atomic E-state index is -3.72. The molecular formula is C24H27N5O5S. The lowest BCUT2D eigenvalue weighted by Crippen LogP contribution is -2.43. The summed E-state index contributed by atoms with van der Waals surface area (Å²) in [5.74, 6) is -1.37. The molecule has 0 bridgehead atoms. The molecule has 2 heterocycles. The molecule has 10 nitrogen and oxygen atoms in total. The second-order valence-corrected chi connectivity index (χ2v) is 10.3. The van der Waals surface area contributed by atoms with Crippen LogP contribution in [0.2, 0.25) is 0 Å². The van der Waals surface area contributed by atoms with Crippen LogP contribution in [-0.4, -0.2) is 47.4 Å². The number of carbonyl (C=O) groups is 2. The highest BCUT2D eigenvalue weighted by Gasteiger charge is 2.27. The Bertz CT molecular complexity index is 1460. The minimum absolute atomic E-state index is 0.0134. The number of fused-ring (bicyclic) bond motifs is 1. The van der Waals surface area contributed by atoms with Crippen LogP contribution in [0.25, 0.3) is 10.8 Å². The number of hydrazine groups is 1. The van der Waals surface area contributed by atoms with Gasteiger partial charge in [0.05, 0.1) is 10.3 Å². The number of aromatic nitrogens is 2. The summed E-state index contributed by atoms with van der Waals surface area (Å²) in [6, 6.07) is 11.0. The maximum atomic E-state index is 13.0. The van der Waals surface area contributed by atoms with E-state index in [-0.39, 0.29) is 28.3 Å². The number of amides is 2. The fourth-order valence-corrected chi connectivity index (χ4v) is 5.66. The number of nitrogens with one attached hydrogen (secondary N) is 2. The van der Waals surface area contributed by atoms with Gasteiger partial charge in [-0.15, -0.1) is 0 Å². The fourth-order valence-electron chi connectivity index (χ4n) is 4.12. The molecule has 184 valence electrons. The van der Waals surface area contributed by atoms with Crippen molar-refractivity contribution in [1.29, 1.82) is 0 Å². The number of aryl methyl sites for hydroxylation is 2. The lowest BCUT2D eigenvalue weighted by molar-refractivity contribution is 0.0843. The molecule has 0 unspecified atom stereocenters. The number of rotatable bonds is 5. The van der Waals surface area contributed by atoms with Crippen LogP contribution in [0.15, 0.2) is 52.2 Å². The predicted octanol–water partition coefficient (Wildman–Crippen LogP) is 1.97. The van der Waals surface area contributed by atoms with Crippen LogP contribution in [0.4, 0.5) is 0 Å². The summed E-state index contributed by atoms with van der Waals surface area (Å²) < 4.78 is 28.7. The highest BCUT2D eigenvalue weighted by Crippen LogP contribution is 2.23. The second-order valence-electron chi connectivity index (χ2n) is 8.36. The van der Waals surface area contributed by atoms with Crippen LogP contribution >= 0.6 is 0 Å². The van der Waals surface area contributed by atoms with Gasteiger partial charge in [0.15, 0.2) is 5.69 Å². The number of sulfonamides is 1. The summed E-state index contributed by atoms with van der Waals surface area (Å²) in [6.07, 6.45) is 2.60. The fraction of sp³-hybridized carbons (Fsp3) is 0.333. The van der Waals surface area contributed by atoms with Crippen molar-refractivity contribution in [2.45, 2.75) is 44.6 Å². The Kier molecular flexibility index (Phi) is 6.99. The maximum Gasteiger partial charge on any atom is 0.290 e. The average molecular weight is 498 g/mol. The van der Waals surface area contributed by atoms with Crippen molar-refractivity contribution in [3.05, 3.63) is 69.6 Å². The predicted molar refractivity (Wildman–Crippen MR) is 130 cm³/mol. The summed E-state index contributed by atoms with van der Waals surface area (Å²) in [6.45, 7) is 4.59. The van der Waals surface area contributed by atoms with Crippen LogP contribution in [0.1, 0.15) is 52.6 Å². The van der Waals surface area contributed by atoms with Crippen molar-refractivity contribution in [2.24, 2.45) is 0 Å². The number of carbonyl (C=O) groups excluding carboxylic acids is 2. The molecule has 0 spiro atoms. The minimum Gasteiger partial charge on any atom is -0.267 e. The van der Waals surface area contributed by atoms with Crippen LogP contribution in [-0.2, 0) is 16.6 Å². The van der Waals surface area contributed by atoms with Gasteiger partial charge in [-0.25, -0.2) is 13.1 Å². The van der Waals surface area contributed by atoms with Crippen molar-refractivity contribution >= 4 is 32.6 Å². The first kappa shape index (κ1) is 24.6. The summed E-state index contributed by atoms with van der Waals surface area (Å²) in [5, 5.41) is 4.84. The molecule has 3 aromatic rings. The zero-order valence-corrected chi connectivity index (χ0v) is 20.4. The van der Waals surface area contributed by atoms with E-state index in [1.807, 2.05) is 0 Å². The normalized spacial score (nSPS) is 14.6. The Morgan fingerprint density at radius 3 is 2.31 bits per heavy atom. The first-order valence-electron chi connectivity index (χ1n) is 11.5. The van der Waals surface area contributed by atoms with E-state index in [4.69, 9.17) is 0 Å². The standard InChI is InChI=1S/C24H27N5O5S/c1-3-29-24(32)19-10-6-5-9-18(19)21(27-29)23(31)26-25-22(30)20-15-17(12-11-16(20)2)35(33,34)28-13-7-4-8-14-28/h5-6,9-12,15H,3-4,7-8,13-14H2,1-2H3,(H,25,30)(H,26,31). The molecule has 0 radical (unpaired) electrons. The molecular weight excluding hydrogens is 470 g/mol. The zero-order chi connectivity index (χ0) is 25.2. The van der Waals surface area contributed by atoms with Crippen molar-refractivity contribution in [3.8, 4) is 0 Å². The third-order valence-corrected chi connectivity index (χ3v) is 7.97. The summed E-state index contributed by atoms with van der Waals surface area (Å²) in [5.41, 5.74) is 5.02. The van der Waals surface area contributed by atoms with Crippen molar-refractivity contribution < 1.29 is 18.0 Å². The van der Waals surface area contributed by atoms with Gasteiger partial charge in [0.2, 0.25) is 10.0 Å². The van der Waals surface area contributed by atoms with Gasteiger partial charge >= 0.3 is 0 Å². The van der Waals surface area contributed by atoms with Gasteiger partial charge in [0, 0.05) is 30.6 Å². The quantitative estimate of drug-likeness (QED) is 0.519. The Labute approximate surface area is 203 Å². The van der Waals surface area contributed by atoms with Gasteiger partial charge in [-0.2, -0.15) is 9.40 Å². The van der Waals surface area contributed by atoms with Crippen LogP contribution in [0.3, 0.4) is 0 Å². The van der Waals surface area contributed by atoms with E-state index in [9.17, 15) is 22.8 Å². The lowest BCUT2D eigenvalue weighted by Gasteiger charge is -2.26. The van der Waals surface area contributed by atoms with Gasteiger partial charge < -0.3 is 0 Å². The Hall–Kier alpha value is -3.57. The number of nitrogens with zero attached hydrogens (tertiary/aromatic N) is 3. The van der Waals surface area contributed by atoms with Gasteiger partial charge in [-0.05, 0) is 50.5 Å². The van der Waals surface area contributed by atoms with E-state index in [0.29, 0.717) is 29.4 Å². The highest BCUT2D eigenvalue weighted by molar-refractivity contribution is 7.89.